The number of halogens is 1. The zero-order valence-electron chi connectivity index (χ0n) is 20.4. The third-order valence-electron chi connectivity index (χ3n) is 5.65. The van der Waals surface area contributed by atoms with Gasteiger partial charge >= 0.3 is 0 Å². The lowest BCUT2D eigenvalue weighted by Crippen LogP contribution is -2.53. The highest BCUT2D eigenvalue weighted by Crippen LogP contribution is 2.21. The van der Waals surface area contributed by atoms with Crippen molar-refractivity contribution in [2.75, 3.05) is 17.1 Å². The Morgan fingerprint density at radius 2 is 1.59 bits per heavy atom. The molecule has 0 saturated heterocycles. The summed E-state index contributed by atoms with van der Waals surface area (Å²) in [5.74, 6) is -0.673. The molecular formula is C25H34IN3O4S. The van der Waals surface area contributed by atoms with Gasteiger partial charge in [-0.15, -0.1) is 0 Å². The van der Waals surface area contributed by atoms with E-state index in [0.717, 1.165) is 31.7 Å². The minimum Gasteiger partial charge on any atom is -0.352 e. The van der Waals surface area contributed by atoms with Crippen LogP contribution in [0.4, 0.5) is 5.69 Å². The van der Waals surface area contributed by atoms with E-state index in [4.69, 9.17) is 0 Å². The first-order valence-electron chi connectivity index (χ1n) is 11.3. The van der Waals surface area contributed by atoms with E-state index in [9.17, 15) is 18.0 Å². The molecule has 2 atom stereocenters. The first-order chi connectivity index (χ1) is 16.0. The topological polar surface area (TPSA) is 86.8 Å². The maximum atomic E-state index is 13.6. The molecule has 0 spiro atoms. The molecule has 0 bridgehead atoms. The van der Waals surface area contributed by atoms with E-state index in [0.29, 0.717) is 12.1 Å². The Balaban J connectivity index is 2.41. The average Bonchev–Trinajstić information content (AvgIpc) is 2.78. The second kappa shape index (κ2) is 12.5. The summed E-state index contributed by atoms with van der Waals surface area (Å²) in [6.45, 7) is 7.54. The maximum absolute atomic E-state index is 13.6. The smallest absolute Gasteiger partial charge is 0.244 e. The molecule has 2 amide bonds. The van der Waals surface area contributed by atoms with Crippen molar-refractivity contribution in [3.8, 4) is 0 Å². The van der Waals surface area contributed by atoms with Crippen molar-refractivity contribution in [2.24, 2.45) is 0 Å². The molecule has 0 unspecified atom stereocenters. The van der Waals surface area contributed by atoms with Crippen LogP contribution in [-0.2, 0) is 26.2 Å². The fraction of sp³-hybridized carbons (Fsp3) is 0.440. The molecule has 34 heavy (non-hydrogen) atoms. The van der Waals surface area contributed by atoms with Crippen LogP contribution in [0, 0.1) is 10.5 Å². The second-order valence-electron chi connectivity index (χ2n) is 8.50. The Labute approximate surface area is 217 Å². The third-order valence-corrected chi connectivity index (χ3v) is 7.51. The number of carbonyl (C=O) groups excluding carboxylic acids is 2. The van der Waals surface area contributed by atoms with Crippen molar-refractivity contribution < 1.29 is 18.0 Å². The van der Waals surface area contributed by atoms with Crippen LogP contribution in [0.5, 0.6) is 0 Å². The fourth-order valence-electron chi connectivity index (χ4n) is 3.47. The molecule has 186 valence electrons. The number of nitrogens with zero attached hydrogens (tertiary/aromatic N) is 2. The number of rotatable bonds is 11. The Hall–Kier alpha value is -2.14. The highest BCUT2D eigenvalue weighted by Gasteiger charge is 2.32. The second-order valence-corrected chi connectivity index (χ2v) is 11.6. The molecule has 0 aliphatic carbocycles. The Morgan fingerprint density at radius 1 is 1.00 bits per heavy atom. The van der Waals surface area contributed by atoms with Crippen LogP contribution in [0.1, 0.15) is 44.7 Å². The van der Waals surface area contributed by atoms with Gasteiger partial charge in [-0.05, 0) is 79.1 Å². The predicted molar refractivity (Wildman–Crippen MR) is 145 cm³/mol. The largest absolute Gasteiger partial charge is 0.352 e. The summed E-state index contributed by atoms with van der Waals surface area (Å²) in [6, 6.07) is 13.9. The summed E-state index contributed by atoms with van der Waals surface area (Å²) in [5.41, 5.74) is 2.36. The van der Waals surface area contributed by atoms with E-state index in [1.165, 1.54) is 4.90 Å². The molecule has 0 aliphatic heterocycles. The maximum Gasteiger partial charge on any atom is 0.244 e. The monoisotopic (exact) mass is 599 g/mol. The van der Waals surface area contributed by atoms with Crippen LogP contribution in [-0.4, -0.2) is 50.0 Å². The lowest BCUT2D eigenvalue weighted by molar-refractivity contribution is -0.140. The van der Waals surface area contributed by atoms with Gasteiger partial charge in [0.25, 0.3) is 0 Å². The van der Waals surface area contributed by atoms with Crippen molar-refractivity contribution in [3.05, 3.63) is 63.2 Å². The van der Waals surface area contributed by atoms with Crippen LogP contribution >= 0.6 is 22.6 Å². The lowest BCUT2D eigenvalue weighted by Gasteiger charge is -2.33. The molecular weight excluding hydrogens is 565 g/mol. The highest BCUT2D eigenvalue weighted by atomic mass is 127. The number of anilines is 1. The Kier molecular flexibility index (Phi) is 10.4. The number of amides is 2. The van der Waals surface area contributed by atoms with Crippen molar-refractivity contribution >= 4 is 50.1 Å². The minimum absolute atomic E-state index is 0.0304. The van der Waals surface area contributed by atoms with Gasteiger partial charge < -0.3 is 10.2 Å². The van der Waals surface area contributed by atoms with Crippen LogP contribution in [0.15, 0.2) is 48.5 Å². The fourth-order valence-corrected chi connectivity index (χ4v) is 4.68. The zero-order valence-corrected chi connectivity index (χ0v) is 23.4. The van der Waals surface area contributed by atoms with E-state index in [-0.39, 0.29) is 18.5 Å². The molecule has 0 aromatic heterocycles. The molecule has 9 heteroatoms. The molecule has 0 aliphatic rings. The van der Waals surface area contributed by atoms with Gasteiger partial charge in [0.1, 0.15) is 12.6 Å². The molecule has 2 aromatic carbocycles. The van der Waals surface area contributed by atoms with Gasteiger partial charge in [-0.25, -0.2) is 8.42 Å². The van der Waals surface area contributed by atoms with E-state index >= 15 is 0 Å². The van der Waals surface area contributed by atoms with Gasteiger partial charge in [0.15, 0.2) is 0 Å². The van der Waals surface area contributed by atoms with Gasteiger partial charge in [-0.2, -0.15) is 0 Å². The molecule has 7 nitrogen and oxygen atoms in total. The summed E-state index contributed by atoms with van der Waals surface area (Å²) >= 11 is 2.14. The first kappa shape index (κ1) is 28.1. The SMILES string of the molecule is CC[C@@H](C)NC(=O)[C@@H](CC)N(Cc1ccc(C)cc1)C(=O)CN(c1ccc(I)cc1)S(C)(=O)=O. The molecule has 2 aromatic rings. The predicted octanol–water partition coefficient (Wildman–Crippen LogP) is 4.09. The highest BCUT2D eigenvalue weighted by molar-refractivity contribution is 14.1. The number of aryl methyl sites for hydroxylation is 1. The number of benzene rings is 2. The summed E-state index contributed by atoms with van der Waals surface area (Å²) in [7, 11) is -3.73. The molecule has 0 heterocycles. The van der Waals surface area contributed by atoms with Crippen molar-refractivity contribution in [1.82, 2.24) is 10.2 Å². The summed E-state index contributed by atoms with van der Waals surface area (Å²) in [6.07, 6.45) is 2.25. The standard InChI is InChI=1S/C25H34IN3O4S/c1-6-19(4)27-25(31)23(7-2)28(16-20-10-8-18(3)9-11-20)24(30)17-29(34(5,32)33)22-14-12-21(26)13-15-22/h8-15,19,23H,6-7,16-17H2,1-5H3,(H,27,31)/t19-,23-/m1/s1. The van der Waals surface area contributed by atoms with Crippen LogP contribution < -0.4 is 9.62 Å². The first-order valence-corrected chi connectivity index (χ1v) is 14.3. The van der Waals surface area contributed by atoms with Crippen molar-refractivity contribution in [3.63, 3.8) is 0 Å². The van der Waals surface area contributed by atoms with Crippen molar-refractivity contribution in [2.45, 2.75) is 59.2 Å². The Morgan fingerprint density at radius 3 is 2.09 bits per heavy atom. The molecule has 0 saturated carbocycles. The number of carbonyl (C=O) groups is 2. The van der Waals surface area contributed by atoms with E-state index in [2.05, 4.69) is 27.9 Å². The number of nitrogens with one attached hydrogen (secondary N) is 1. The van der Waals surface area contributed by atoms with Crippen molar-refractivity contribution in [1.29, 1.82) is 0 Å². The number of hydrogen-bond acceptors (Lipinski definition) is 4. The Bertz CT molecular complexity index is 1070. The van der Waals surface area contributed by atoms with Gasteiger partial charge in [0.05, 0.1) is 11.9 Å². The number of hydrogen-bond donors (Lipinski definition) is 1. The van der Waals surface area contributed by atoms with Gasteiger partial charge in [-0.1, -0.05) is 43.7 Å². The number of sulfonamides is 1. The quantitative estimate of drug-likeness (QED) is 0.395. The summed E-state index contributed by atoms with van der Waals surface area (Å²) in [5, 5.41) is 2.97. The molecule has 2 rings (SSSR count). The van der Waals surface area contributed by atoms with Crippen LogP contribution in [0.3, 0.4) is 0 Å². The van der Waals surface area contributed by atoms with Crippen LogP contribution in [0.25, 0.3) is 0 Å². The molecule has 0 fully saturated rings. The van der Waals surface area contributed by atoms with E-state index in [1.807, 2.05) is 52.0 Å². The van der Waals surface area contributed by atoms with Gasteiger partial charge in [0.2, 0.25) is 21.8 Å². The van der Waals surface area contributed by atoms with Gasteiger partial charge in [-0.3, -0.25) is 13.9 Å². The minimum atomic E-state index is -3.73. The molecule has 1 N–H and O–H groups in total. The lowest BCUT2D eigenvalue weighted by atomic mass is 10.1. The van der Waals surface area contributed by atoms with Gasteiger partial charge in [0, 0.05) is 16.2 Å². The zero-order chi connectivity index (χ0) is 25.5. The van der Waals surface area contributed by atoms with Crippen LogP contribution in [0.2, 0.25) is 0 Å². The average molecular weight is 600 g/mol. The summed E-state index contributed by atoms with van der Waals surface area (Å²) in [4.78, 5) is 28.2. The summed E-state index contributed by atoms with van der Waals surface area (Å²) < 4.78 is 27.2. The van der Waals surface area contributed by atoms with E-state index in [1.54, 1.807) is 24.3 Å². The normalized spacial score (nSPS) is 13.1. The third kappa shape index (κ3) is 7.97. The molecule has 0 radical (unpaired) electrons. The van der Waals surface area contributed by atoms with E-state index < -0.39 is 28.5 Å².